The second-order valence-corrected chi connectivity index (χ2v) is 8.79. The summed E-state index contributed by atoms with van der Waals surface area (Å²) < 4.78 is 6.98. The molecule has 1 atom stereocenters. The van der Waals surface area contributed by atoms with E-state index in [1.165, 1.54) is 11.3 Å². The summed E-state index contributed by atoms with van der Waals surface area (Å²) in [5, 5.41) is 3.63. The van der Waals surface area contributed by atoms with E-state index in [0.717, 1.165) is 35.5 Å². The number of ether oxygens (including phenoxy) is 1. The highest BCUT2D eigenvalue weighted by Gasteiger charge is 2.24. The normalized spacial score (nSPS) is 14.2. The van der Waals surface area contributed by atoms with Crippen molar-refractivity contribution in [1.29, 1.82) is 0 Å². The highest BCUT2D eigenvalue weighted by atomic mass is 32.1. The second kappa shape index (κ2) is 8.20. The summed E-state index contributed by atoms with van der Waals surface area (Å²) >= 11 is 1.31. The van der Waals surface area contributed by atoms with Gasteiger partial charge in [0.25, 0.3) is 11.5 Å². The van der Waals surface area contributed by atoms with Gasteiger partial charge in [-0.1, -0.05) is 12.1 Å². The number of nitrogens with one attached hydrogen (secondary N) is 1. The third-order valence-electron chi connectivity index (χ3n) is 5.70. The van der Waals surface area contributed by atoms with Crippen LogP contribution in [0.25, 0.3) is 10.2 Å². The van der Waals surface area contributed by atoms with Crippen LogP contribution in [0, 0.1) is 6.92 Å². The van der Waals surface area contributed by atoms with Crippen molar-refractivity contribution in [1.82, 2.24) is 19.8 Å². The number of aryl methyl sites for hydroxylation is 2. The average Bonchev–Trinajstić information content (AvgIpc) is 3.33. The molecule has 0 unspecified atom stereocenters. The van der Waals surface area contributed by atoms with Crippen molar-refractivity contribution >= 4 is 27.5 Å². The molecule has 4 rings (SSSR count). The Morgan fingerprint density at radius 2 is 2.07 bits per heavy atom. The van der Waals surface area contributed by atoms with Gasteiger partial charge in [0, 0.05) is 19.5 Å². The molecule has 3 aromatic rings. The van der Waals surface area contributed by atoms with E-state index >= 15 is 0 Å². The number of fused-ring (bicyclic) bond motifs is 2. The molecule has 1 aromatic carbocycles. The van der Waals surface area contributed by atoms with Crippen molar-refractivity contribution in [2.45, 2.75) is 32.4 Å². The largest absolute Gasteiger partial charge is 0.497 e. The molecule has 3 heterocycles. The SMILES string of the molecule is COc1ccc([C@H](CNC(=O)c2sc3nc4n(c(=O)c3c2C)CCC4)N(C)C)cc1. The number of nitrogens with zero attached hydrogens (tertiary/aromatic N) is 3. The highest BCUT2D eigenvalue weighted by molar-refractivity contribution is 7.20. The third kappa shape index (κ3) is 3.61. The van der Waals surface area contributed by atoms with Crippen molar-refractivity contribution in [2.75, 3.05) is 27.7 Å². The van der Waals surface area contributed by atoms with Crippen LogP contribution in [0.4, 0.5) is 0 Å². The number of carbonyl (C=O) groups excluding carboxylic acids is 1. The topological polar surface area (TPSA) is 76.5 Å². The number of benzene rings is 1. The van der Waals surface area contributed by atoms with E-state index in [1.807, 2.05) is 45.3 Å². The van der Waals surface area contributed by atoms with Crippen LogP contribution in [-0.2, 0) is 13.0 Å². The smallest absolute Gasteiger partial charge is 0.262 e. The molecule has 8 heteroatoms. The number of hydrogen-bond donors (Lipinski definition) is 1. The van der Waals surface area contributed by atoms with Gasteiger partial charge >= 0.3 is 0 Å². The predicted octanol–water partition coefficient (Wildman–Crippen LogP) is 2.75. The Hall–Kier alpha value is -2.71. The fourth-order valence-electron chi connectivity index (χ4n) is 3.99. The lowest BCUT2D eigenvalue weighted by molar-refractivity contribution is 0.0945. The Kier molecular flexibility index (Phi) is 5.62. The summed E-state index contributed by atoms with van der Waals surface area (Å²) in [7, 11) is 5.61. The first kappa shape index (κ1) is 20.6. The lowest BCUT2D eigenvalue weighted by Gasteiger charge is -2.25. The van der Waals surface area contributed by atoms with Crippen molar-refractivity contribution < 1.29 is 9.53 Å². The maximum atomic E-state index is 13.0. The van der Waals surface area contributed by atoms with Gasteiger partial charge < -0.3 is 15.0 Å². The number of carbonyl (C=O) groups is 1. The van der Waals surface area contributed by atoms with Crippen molar-refractivity contribution in [2.24, 2.45) is 0 Å². The molecule has 7 nitrogen and oxygen atoms in total. The van der Waals surface area contributed by atoms with Crippen LogP contribution in [0.3, 0.4) is 0 Å². The van der Waals surface area contributed by atoms with Gasteiger partial charge in [-0.2, -0.15) is 0 Å². The summed E-state index contributed by atoms with van der Waals surface area (Å²) in [6.45, 7) is 3.00. The van der Waals surface area contributed by atoms with Gasteiger partial charge in [-0.15, -0.1) is 11.3 Å². The van der Waals surface area contributed by atoms with Gasteiger partial charge in [-0.3, -0.25) is 14.2 Å². The van der Waals surface area contributed by atoms with Crippen molar-refractivity contribution in [3.05, 3.63) is 56.4 Å². The van der Waals surface area contributed by atoms with Crippen LogP contribution in [-0.4, -0.2) is 48.1 Å². The monoisotopic (exact) mass is 426 g/mol. The molecule has 0 fully saturated rings. The van der Waals surface area contributed by atoms with Crippen LogP contribution in [0.5, 0.6) is 5.75 Å². The lowest BCUT2D eigenvalue weighted by Crippen LogP contribution is -2.34. The molecule has 0 aliphatic carbocycles. The number of rotatable bonds is 6. The van der Waals surface area contributed by atoms with Crippen molar-refractivity contribution in [3.63, 3.8) is 0 Å². The zero-order chi connectivity index (χ0) is 21.4. The lowest BCUT2D eigenvalue weighted by atomic mass is 10.1. The standard InChI is InChI=1S/C22H26N4O3S/c1-13-18-21(24-17-6-5-11-26(17)22(18)28)30-19(13)20(27)23-12-16(25(2)3)14-7-9-15(29-4)10-8-14/h7-10,16H,5-6,11-12H2,1-4H3,(H,23,27)/t16-/m0/s1. The van der Waals surface area contributed by atoms with Crippen LogP contribution < -0.4 is 15.6 Å². The van der Waals surface area contributed by atoms with E-state index in [2.05, 4.69) is 15.2 Å². The first-order valence-corrected chi connectivity index (χ1v) is 10.8. The van der Waals surface area contributed by atoms with Gasteiger partial charge in [0.2, 0.25) is 0 Å². The number of aromatic nitrogens is 2. The van der Waals surface area contributed by atoms with Gasteiger partial charge in [0.1, 0.15) is 16.4 Å². The summed E-state index contributed by atoms with van der Waals surface area (Å²) in [5.41, 5.74) is 1.79. The fraction of sp³-hybridized carbons (Fsp3) is 0.409. The highest BCUT2D eigenvalue weighted by Crippen LogP contribution is 2.29. The Labute approximate surface area is 179 Å². The molecule has 30 heavy (non-hydrogen) atoms. The molecule has 1 amide bonds. The zero-order valence-corrected chi connectivity index (χ0v) is 18.5. The molecule has 0 radical (unpaired) electrons. The van der Waals surface area contributed by atoms with Crippen molar-refractivity contribution in [3.8, 4) is 5.75 Å². The number of thiophene rings is 1. The molecule has 0 spiro atoms. The molecule has 0 saturated heterocycles. The molecular formula is C22H26N4O3S. The maximum absolute atomic E-state index is 13.0. The minimum atomic E-state index is -0.166. The Bertz CT molecular complexity index is 1150. The minimum absolute atomic E-state index is 0.0158. The minimum Gasteiger partial charge on any atom is -0.497 e. The van der Waals surface area contributed by atoms with E-state index in [-0.39, 0.29) is 17.5 Å². The third-order valence-corrected chi connectivity index (χ3v) is 6.88. The molecule has 1 N–H and O–H groups in total. The van der Waals surface area contributed by atoms with Crippen LogP contribution in [0.2, 0.25) is 0 Å². The average molecular weight is 427 g/mol. The molecule has 2 aromatic heterocycles. The first-order valence-electron chi connectivity index (χ1n) is 10.0. The second-order valence-electron chi connectivity index (χ2n) is 7.79. The van der Waals surface area contributed by atoms with Gasteiger partial charge in [0.05, 0.1) is 23.4 Å². The summed E-state index contributed by atoms with van der Waals surface area (Å²) in [6.07, 6.45) is 1.76. The summed E-state index contributed by atoms with van der Waals surface area (Å²) in [6, 6.07) is 7.87. The molecule has 1 aliphatic rings. The summed E-state index contributed by atoms with van der Waals surface area (Å²) in [5.74, 6) is 1.46. The Balaban J connectivity index is 1.57. The molecular weight excluding hydrogens is 400 g/mol. The number of hydrogen-bond acceptors (Lipinski definition) is 6. The quantitative estimate of drug-likeness (QED) is 0.656. The zero-order valence-electron chi connectivity index (χ0n) is 17.7. The summed E-state index contributed by atoms with van der Waals surface area (Å²) in [4.78, 5) is 33.8. The Morgan fingerprint density at radius 1 is 1.33 bits per heavy atom. The van der Waals surface area contributed by atoms with E-state index in [1.54, 1.807) is 11.7 Å². The van der Waals surface area contributed by atoms with Gasteiger partial charge in [-0.05, 0) is 50.7 Å². The maximum Gasteiger partial charge on any atom is 0.262 e. The van der Waals surface area contributed by atoms with E-state index in [4.69, 9.17) is 4.74 Å². The predicted molar refractivity (Wildman–Crippen MR) is 119 cm³/mol. The van der Waals surface area contributed by atoms with Gasteiger partial charge in [-0.25, -0.2) is 4.98 Å². The van der Waals surface area contributed by atoms with Crippen LogP contribution in [0.1, 0.15) is 39.1 Å². The van der Waals surface area contributed by atoms with Gasteiger partial charge in [0.15, 0.2) is 0 Å². The Morgan fingerprint density at radius 3 is 2.73 bits per heavy atom. The molecule has 1 aliphatic heterocycles. The van der Waals surface area contributed by atoms with E-state index < -0.39 is 0 Å². The molecule has 0 saturated carbocycles. The number of methoxy groups -OCH3 is 1. The van der Waals surface area contributed by atoms with Crippen LogP contribution in [0.15, 0.2) is 29.1 Å². The molecule has 0 bridgehead atoms. The molecule has 158 valence electrons. The van der Waals surface area contributed by atoms with E-state index in [0.29, 0.717) is 28.2 Å². The number of likely N-dealkylation sites (N-methyl/N-ethyl adjacent to an activating group) is 1. The number of amides is 1. The van der Waals surface area contributed by atoms with Crippen LogP contribution >= 0.6 is 11.3 Å². The first-order chi connectivity index (χ1) is 14.4. The fourth-order valence-corrected chi connectivity index (χ4v) is 5.09. The van der Waals surface area contributed by atoms with E-state index in [9.17, 15) is 9.59 Å².